The highest BCUT2D eigenvalue weighted by Crippen LogP contribution is 2.16. The lowest BCUT2D eigenvalue weighted by molar-refractivity contribution is 0.101. The van der Waals surface area contributed by atoms with Crippen molar-refractivity contribution in [2.24, 2.45) is 0 Å². The van der Waals surface area contributed by atoms with E-state index in [0.29, 0.717) is 5.69 Å². The molecule has 70 valence electrons. The van der Waals surface area contributed by atoms with Crippen LogP contribution in [0.1, 0.15) is 23.0 Å². The minimum absolute atomic E-state index is 0.00778. The average Bonchev–Trinajstić information content (AvgIpc) is 2.17. The van der Waals surface area contributed by atoms with Gasteiger partial charge in [0, 0.05) is 12.3 Å². The van der Waals surface area contributed by atoms with Crippen molar-refractivity contribution in [1.29, 1.82) is 0 Å². The van der Waals surface area contributed by atoms with E-state index in [2.05, 4.69) is 4.98 Å². The van der Waals surface area contributed by atoms with Gasteiger partial charge < -0.3 is 0 Å². The number of carbonyl (C=O) groups excluding carboxylic acids is 1. The summed E-state index contributed by atoms with van der Waals surface area (Å²) in [4.78, 5) is 15.4. The van der Waals surface area contributed by atoms with E-state index in [0.717, 1.165) is 10.9 Å². The Labute approximate surface area is 82.6 Å². The Morgan fingerprint density at radius 3 is 2.71 bits per heavy atom. The maximum absolute atomic E-state index is 11.1. The molecule has 0 aliphatic rings. The summed E-state index contributed by atoms with van der Waals surface area (Å²) in [6.45, 7) is 3.57. The summed E-state index contributed by atoms with van der Waals surface area (Å²) >= 11 is 0. The third-order valence-electron chi connectivity index (χ3n) is 2.31. The molecule has 0 radical (unpaired) electrons. The molecular weight excluding hydrogens is 174 g/mol. The predicted molar refractivity (Wildman–Crippen MR) is 56.5 cm³/mol. The van der Waals surface area contributed by atoms with Crippen LogP contribution in [0.3, 0.4) is 0 Å². The largest absolute Gasteiger partial charge is 0.293 e. The maximum Gasteiger partial charge on any atom is 0.178 e. The fraction of sp³-hybridized carbons (Fsp3) is 0.167. The monoisotopic (exact) mass is 185 g/mol. The molecule has 0 N–H and O–H groups in total. The standard InChI is InChI=1S/C12H11NO/c1-8-4-3-5-12-10(8)6-7-11(13-12)9(2)14/h3-7H,1-2H3. The van der Waals surface area contributed by atoms with Crippen LogP contribution in [0.2, 0.25) is 0 Å². The van der Waals surface area contributed by atoms with Crippen LogP contribution in [0.4, 0.5) is 0 Å². The molecule has 1 aromatic heterocycles. The van der Waals surface area contributed by atoms with Gasteiger partial charge in [-0.2, -0.15) is 0 Å². The van der Waals surface area contributed by atoms with Gasteiger partial charge in [0.25, 0.3) is 0 Å². The van der Waals surface area contributed by atoms with Crippen molar-refractivity contribution < 1.29 is 4.79 Å². The van der Waals surface area contributed by atoms with Crippen molar-refractivity contribution in [3.05, 3.63) is 41.6 Å². The molecule has 0 atom stereocenters. The van der Waals surface area contributed by atoms with E-state index >= 15 is 0 Å². The molecular formula is C12H11NO. The first kappa shape index (κ1) is 8.88. The number of carbonyl (C=O) groups is 1. The van der Waals surface area contributed by atoms with Crippen molar-refractivity contribution in [3.63, 3.8) is 0 Å². The van der Waals surface area contributed by atoms with Gasteiger partial charge in [-0.15, -0.1) is 0 Å². The second-order valence-electron chi connectivity index (χ2n) is 3.39. The van der Waals surface area contributed by atoms with Crippen LogP contribution in [0.25, 0.3) is 10.9 Å². The zero-order chi connectivity index (χ0) is 10.1. The molecule has 0 unspecified atom stereocenters. The van der Waals surface area contributed by atoms with Gasteiger partial charge in [-0.05, 0) is 24.6 Å². The van der Waals surface area contributed by atoms with Gasteiger partial charge in [-0.3, -0.25) is 4.79 Å². The number of ketones is 1. The van der Waals surface area contributed by atoms with Crippen molar-refractivity contribution in [2.75, 3.05) is 0 Å². The van der Waals surface area contributed by atoms with E-state index < -0.39 is 0 Å². The van der Waals surface area contributed by atoms with E-state index in [1.54, 1.807) is 6.07 Å². The van der Waals surface area contributed by atoms with Crippen LogP contribution in [-0.2, 0) is 0 Å². The maximum atomic E-state index is 11.1. The molecule has 2 heteroatoms. The molecule has 0 aliphatic heterocycles. The first-order valence-corrected chi connectivity index (χ1v) is 4.56. The number of fused-ring (bicyclic) bond motifs is 1. The zero-order valence-electron chi connectivity index (χ0n) is 8.24. The highest BCUT2D eigenvalue weighted by Gasteiger charge is 2.03. The van der Waals surface area contributed by atoms with Crippen molar-refractivity contribution in [3.8, 4) is 0 Å². The molecule has 0 saturated carbocycles. The van der Waals surface area contributed by atoms with E-state index in [-0.39, 0.29) is 5.78 Å². The molecule has 0 aliphatic carbocycles. The van der Waals surface area contributed by atoms with Crippen molar-refractivity contribution in [1.82, 2.24) is 4.98 Å². The summed E-state index contributed by atoms with van der Waals surface area (Å²) in [5.41, 5.74) is 2.60. The number of aryl methyl sites for hydroxylation is 1. The Balaban J connectivity index is 2.73. The smallest absolute Gasteiger partial charge is 0.178 e. The predicted octanol–water partition coefficient (Wildman–Crippen LogP) is 2.75. The second kappa shape index (κ2) is 3.22. The number of hydrogen-bond donors (Lipinski definition) is 0. The van der Waals surface area contributed by atoms with Gasteiger partial charge in [0.05, 0.1) is 5.52 Å². The van der Waals surface area contributed by atoms with Crippen LogP contribution in [-0.4, -0.2) is 10.8 Å². The van der Waals surface area contributed by atoms with E-state index in [9.17, 15) is 4.79 Å². The first-order valence-electron chi connectivity index (χ1n) is 4.56. The first-order chi connectivity index (χ1) is 6.68. The molecule has 2 rings (SSSR count). The van der Waals surface area contributed by atoms with E-state index in [1.165, 1.54) is 12.5 Å². The minimum atomic E-state index is 0.00778. The number of aromatic nitrogens is 1. The number of rotatable bonds is 1. The Hall–Kier alpha value is -1.70. The summed E-state index contributed by atoms with van der Waals surface area (Å²) in [6.07, 6.45) is 0. The van der Waals surface area contributed by atoms with Crippen LogP contribution >= 0.6 is 0 Å². The molecule has 0 bridgehead atoms. The molecule has 0 saturated heterocycles. The third kappa shape index (κ3) is 1.39. The van der Waals surface area contributed by atoms with Gasteiger partial charge >= 0.3 is 0 Å². The summed E-state index contributed by atoms with van der Waals surface area (Å²) in [6, 6.07) is 9.65. The van der Waals surface area contributed by atoms with Gasteiger partial charge in [0.2, 0.25) is 0 Å². The van der Waals surface area contributed by atoms with Crippen molar-refractivity contribution in [2.45, 2.75) is 13.8 Å². The average molecular weight is 185 g/mol. The Morgan fingerprint density at radius 2 is 2.00 bits per heavy atom. The number of pyridine rings is 1. The van der Waals surface area contributed by atoms with Gasteiger partial charge in [-0.25, -0.2) is 4.98 Å². The Kier molecular flexibility index (Phi) is 2.04. The van der Waals surface area contributed by atoms with Gasteiger partial charge in [0.1, 0.15) is 5.69 Å². The highest BCUT2D eigenvalue weighted by molar-refractivity contribution is 5.95. The third-order valence-corrected chi connectivity index (χ3v) is 2.31. The molecule has 0 fully saturated rings. The van der Waals surface area contributed by atoms with Crippen LogP contribution < -0.4 is 0 Å². The summed E-state index contributed by atoms with van der Waals surface area (Å²) < 4.78 is 0. The summed E-state index contributed by atoms with van der Waals surface area (Å²) in [7, 11) is 0. The molecule has 14 heavy (non-hydrogen) atoms. The topological polar surface area (TPSA) is 30.0 Å². The molecule has 0 spiro atoms. The summed E-state index contributed by atoms with van der Waals surface area (Å²) in [5.74, 6) is 0.00778. The zero-order valence-corrected chi connectivity index (χ0v) is 8.24. The Bertz CT molecular complexity index is 503. The number of Topliss-reactive ketones (excluding diaryl/α,β-unsaturated/α-hetero) is 1. The highest BCUT2D eigenvalue weighted by atomic mass is 16.1. The van der Waals surface area contributed by atoms with Gasteiger partial charge in [0.15, 0.2) is 5.78 Å². The molecule has 1 heterocycles. The normalized spacial score (nSPS) is 10.4. The molecule has 2 nitrogen and oxygen atoms in total. The van der Waals surface area contributed by atoms with Crippen LogP contribution in [0.5, 0.6) is 0 Å². The fourth-order valence-corrected chi connectivity index (χ4v) is 1.50. The lowest BCUT2D eigenvalue weighted by Crippen LogP contribution is -1.96. The number of benzene rings is 1. The van der Waals surface area contributed by atoms with Gasteiger partial charge in [-0.1, -0.05) is 18.2 Å². The lowest BCUT2D eigenvalue weighted by Gasteiger charge is -2.02. The van der Waals surface area contributed by atoms with E-state index in [1.807, 2.05) is 31.2 Å². The SMILES string of the molecule is CC(=O)c1ccc2c(C)cccc2n1. The number of nitrogens with zero attached hydrogens (tertiary/aromatic N) is 1. The quantitative estimate of drug-likeness (QED) is 0.639. The molecule has 2 aromatic rings. The summed E-state index contributed by atoms with van der Waals surface area (Å²) in [5, 5.41) is 1.11. The molecule has 0 amide bonds. The van der Waals surface area contributed by atoms with Crippen LogP contribution in [0.15, 0.2) is 30.3 Å². The van der Waals surface area contributed by atoms with Crippen molar-refractivity contribution >= 4 is 16.7 Å². The second-order valence-corrected chi connectivity index (χ2v) is 3.39. The Morgan fingerprint density at radius 1 is 1.21 bits per heavy atom. The minimum Gasteiger partial charge on any atom is -0.293 e. The van der Waals surface area contributed by atoms with E-state index in [4.69, 9.17) is 0 Å². The number of hydrogen-bond acceptors (Lipinski definition) is 2. The lowest BCUT2D eigenvalue weighted by atomic mass is 10.1. The van der Waals surface area contributed by atoms with Crippen LogP contribution in [0, 0.1) is 6.92 Å². The molecule has 1 aromatic carbocycles. The fourth-order valence-electron chi connectivity index (χ4n) is 1.50.